The molecule has 1 atom stereocenters. The summed E-state index contributed by atoms with van der Waals surface area (Å²) in [4.78, 5) is 2.50. The van der Waals surface area contributed by atoms with Crippen molar-refractivity contribution >= 4 is 21.6 Å². The Morgan fingerprint density at radius 2 is 2.16 bits per heavy atom. The lowest BCUT2D eigenvalue weighted by molar-refractivity contribution is 0.217. The van der Waals surface area contributed by atoms with Crippen molar-refractivity contribution in [1.82, 2.24) is 0 Å². The zero-order valence-corrected chi connectivity index (χ0v) is 13.7. The Hall–Kier alpha value is -0.540. The second-order valence-electron chi connectivity index (χ2n) is 6.27. The van der Waals surface area contributed by atoms with Crippen LogP contribution in [0.4, 0.5) is 5.69 Å². The minimum absolute atomic E-state index is 0.195. The minimum atomic E-state index is 0.195. The fourth-order valence-electron chi connectivity index (χ4n) is 2.91. The molecule has 1 aromatic carbocycles. The lowest BCUT2D eigenvalue weighted by Gasteiger charge is -2.47. The van der Waals surface area contributed by atoms with Crippen molar-refractivity contribution in [3.05, 3.63) is 28.2 Å². The van der Waals surface area contributed by atoms with Gasteiger partial charge in [-0.25, -0.2) is 0 Å². The van der Waals surface area contributed by atoms with Crippen LogP contribution in [-0.4, -0.2) is 23.8 Å². The summed E-state index contributed by atoms with van der Waals surface area (Å²) in [5, 5.41) is 9.16. The SMILES string of the molecule is Cc1ccc(N2CC(CCO)CCC2(C)C)cc1Br. The molecule has 1 heterocycles. The minimum Gasteiger partial charge on any atom is -0.396 e. The second-order valence-corrected chi connectivity index (χ2v) is 7.13. The number of piperidine rings is 1. The number of benzene rings is 1. The summed E-state index contributed by atoms with van der Waals surface area (Å²) in [6.45, 7) is 8.09. The van der Waals surface area contributed by atoms with Crippen LogP contribution in [0, 0.1) is 12.8 Å². The molecule has 0 aromatic heterocycles. The second kappa shape index (κ2) is 5.84. The average Bonchev–Trinajstić information content (AvgIpc) is 2.35. The highest BCUT2D eigenvalue weighted by molar-refractivity contribution is 9.10. The average molecular weight is 326 g/mol. The van der Waals surface area contributed by atoms with Crippen molar-refractivity contribution in [1.29, 1.82) is 0 Å². The van der Waals surface area contributed by atoms with Crippen LogP contribution in [0.2, 0.25) is 0 Å². The van der Waals surface area contributed by atoms with E-state index in [0.717, 1.165) is 13.0 Å². The number of hydrogen-bond acceptors (Lipinski definition) is 2. The van der Waals surface area contributed by atoms with Gasteiger partial charge in [0.2, 0.25) is 0 Å². The predicted molar refractivity (Wildman–Crippen MR) is 84.7 cm³/mol. The van der Waals surface area contributed by atoms with E-state index in [2.05, 4.69) is 59.8 Å². The van der Waals surface area contributed by atoms with Gasteiger partial charge < -0.3 is 10.0 Å². The summed E-state index contributed by atoms with van der Waals surface area (Å²) < 4.78 is 1.17. The van der Waals surface area contributed by atoms with Gasteiger partial charge in [0.25, 0.3) is 0 Å². The van der Waals surface area contributed by atoms with Gasteiger partial charge in [0, 0.05) is 28.9 Å². The normalized spacial score (nSPS) is 22.6. The number of hydrogen-bond donors (Lipinski definition) is 1. The van der Waals surface area contributed by atoms with Gasteiger partial charge in [-0.05, 0) is 63.6 Å². The number of aryl methyl sites for hydroxylation is 1. The van der Waals surface area contributed by atoms with Gasteiger partial charge in [0.15, 0.2) is 0 Å². The van der Waals surface area contributed by atoms with Crippen LogP contribution in [0.15, 0.2) is 22.7 Å². The van der Waals surface area contributed by atoms with E-state index in [0.29, 0.717) is 12.5 Å². The molecule has 3 heteroatoms. The molecule has 0 saturated carbocycles. The van der Waals surface area contributed by atoms with Crippen LogP contribution in [0.3, 0.4) is 0 Å². The Morgan fingerprint density at radius 1 is 1.42 bits per heavy atom. The molecule has 1 unspecified atom stereocenters. The number of anilines is 1. The van der Waals surface area contributed by atoms with Gasteiger partial charge in [-0.1, -0.05) is 22.0 Å². The van der Waals surface area contributed by atoms with E-state index in [9.17, 15) is 0 Å². The Labute approximate surface area is 124 Å². The van der Waals surface area contributed by atoms with Crippen molar-refractivity contribution < 1.29 is 5.11 Å². The molecule has 0 bridgehead atoms. The van der Waals surface area contributed by atoms with E-state index >= 15 is 0 Å². The largest absolute Gasteiger partial charge is 0.396 e. The summed E-state index contributed by atoms with van der Waals surface area (Å²) in [5.41, 5.74) is 2.75. The van der Waals surface area contributed by atoms with Gasteiger partial charge in [-0.15, -0.1) is 0 Å². The summed E-state index contributed by atoms with van der Waals surface area (Å²) in [6.07, 6.45) is 3.32. The number of aliphatic hydroxyl groups is 1. The maximum absolute atomic E-state index is 9.16. The van der Waals surface area contributed by atoms with E-state index in [4.69, 9.17) is 5.11 Å². The molecule has 0 amide bonds. The molecule has 1 aliphatic rings. The van der Waals surface area contributed by atoms with Crippen molar-refractivity contribution in [2.45, 2.75) is 45.6 Å². The molecule has 0 spiro atoms. The lowest BCUT2D eigenvalue weighted by Crippen LogP contribution is -2.50. The van der Waals surface area contributed by atoms with Gasteiger partial charge >= 0.3 is 0 Å². The smallest absolute Gasteiger partial charge is 0.0434 e. The van der Waals surface area contributed by atoms with Gasteiger partial charge in [0.1, 0.15) is 0 Å². The van der Waals surface area contributed by atoms with Gasteiger partial charge in [-0.3, -0.25) is 0 Å². The number of halogens is 1. The first kappa shape index (κ1) is 14.9. The maximum atomic E-state index is 9.16. The third-order valence-electron chi connectivity index (χ3n) is 4.34. The van der Waals surface area contributed by atoms with E-state index in [1.165, 1.54) is 28.6 Å². The molecule has 1 aromatic rings. The van der Waals surface area contributed by atoms with Gasteiger partial charge in [0.05, 0.1) is 0 Å². The molecule has 0 radical (unpaired) electrons. The van der Waals surface area contributed by atoms with Crippen LogP contribution in [0.25, 0.3) is 0 Å². The van der Waals surface area contributed by atoms with Crippen molar-refractivity contribution in [2.24, 2.45) is 5.92 Å². The highest BCUT2D eigenvalue weighted by Crippen LogP contribution is 2.37. The quantitative estimate of drug-likeness (QED) is 0.902. The third kappa shape index (κ3) is 3.32. The first-order chi connectivity index (χ1) is 8.94. The summed E-state index contributed by atoms with van der Waals surface area (Å²) in [5.74, 6) is 0.609. The van der Waals surface area contributed by atoms with Crippen molar-refractivity contribution in [3.8, 4) is 0 Å². The summed E-state index contributed by atoms with van der Waals surface area (Å²) in [6, 6.07) is 6.60. The van der Waals surface area contributed by atoms with Crippen molar-refractivity contribution in [3.63, 3.8) is 0 Å². The van der Waals surface area contributed by atoms with Crippen LogP contribution < -0.4 is 4.90 Å². The highest BCUT2D eigenvalue weighted by Gasteiger charge is 2.34. The van der Waals surface area contributed by atoms with E-state index in [1.54, 1.807) is 0 Å². The predicted octanol–water partition coefficient (Wildman–Crippen LogP) is 4.13. The molecule has 2 rings (SSSR count). The molecule has 2 nitrogen and oxygen atoms in total. The molecule has 1 fully saturated rings. The van der Waals surface area contributed by atoms with Crippen LogP contribution in [0.5, 0.6) is 0 Å². The zero-order chi connectivity index (χ0) is 14.0. The first-order valence-electron chi connectivity index (χ1n) is 7.08. The Morgan fingerprint density at radius 3 is 2.79 bits per heavy atom. The van der Waals surface area contributed by atoms with Crippen molar-refractivity contribution in [2.75, 3.05) is 18.1 Å². The molecule has 1 N–H and O–H groups in total. The Bertz CT molecular complexity index is 444. The zero-order valence-electron chi connectivity index (χ0n) is 12.1. The van der Waals surface area contributed by atoms with E-state index < -0.39 is 0 Å². The molecule has 1 aliphatic heterocycles. The van der Waals surface area contributed by atoms with Crippen LogP contribution in [-0.2, 0) is 0 Å². The lowest BCUT2D eigenvalue weighted by atomic mass is 9.83. The molecule has 0 aliphatic carbocycles. The summed E-state index contributed by atoms with van der Waals surface area (Å²) >= 11 is 3.63. The first-order valence-corrected chi connectivity index (χ1v) is 7.88. The van der Waals surface area contributed by atoms with Gasteiger partial charge in [-0.2, -0.15) is 0 Å². The van der Waals surface area contributed by atoms with Crippen LogP contribution >= 0.6 is 15.9 Å². The monoisotopic (exact) mass is 325 g/mol. The standard InChI is InChI=1S/C16H24BrNO/c1-12-4-5-14(10-15(12)17)18-11-13(7-9-19)6-8-16(18,2)3/h4-5,10,13,19H,6-9,11H2,1-3H3. The Balaban J connectivity index is 2.25. The number of nitrogens with zero attached hydrogens (tertiary/aromatic N) is 1. The van der Waals surface area contributed by atoms with E-state index in [-0.39, 0.29) is 5.54 Å². The van der Waals surface area contributed by atoms with Crippen LogP contribution in [0.1, 0.15) is 38.7 Å². The highest BCUT2D eigenvalue weighted by atomic mass is 79.9. The fraction of sp³-hybridized carbons (Fsp3) is 0.625. The third-order valence-corrected chi connectivity index (χ3v) is 5.19. The number of aliphatic hydroxyl groups excluding tert-OH is 1. The molecule has 106 valence electrons. The maximum Gasteiger partial charge on any atom is 0.0434 e. The number of rotatable bonds is 3. The van der Waals surface area contributed by atoms with E-state index in [1.807, 2.05) is 0 Å². The topological polar surface area (TPSA) is 23.5 Å². The molecular formula is C16H24BrNO. The summed E-state index contributed by atoms with van der Waals surface area (Å²) in [7, 11) is 0. The molecule has 1 saturated heterocycles. The fourth-order valence-corrected chi connectivity index (χ4v) is 3.28. The molecule has 19 heavy (non-hydrogen) atoms. The molecular weight excluding hydrogens is 302 g/mol. The Kier molecular flexibility index (Phi) is 4.57.